The van der Waals surface area contributed by atoms with Crippen LogP contribution in [0.25, 0.3) is 0 Å². The molecular formula is C24H23N5O8. The minimum absolute atomic E-state index is 0.0968. The number of amides is 1. The number of phenolic OH excluding ortho intramolecular Hbond substituents is 1. The number of benzene rings is 3. The van der Waals surface area contributed by atoms with Crippen molar-refractivity contribution in [2.24, 2.45) is 0 Å². The standard InChI is InChI=1S/C18H20N2O.C6H3N3O7/c1-14-12-17(19-13-15-8-4-2-5-9-15)18(21)20(14)16-10-6-3-7-11-16;10-6-4(8(13)14)1-3(7(11)12)2-5(6)9(15)16/h2-11,14,17,19H,12-13H2,1H3;1-2,10H. The van der Waals surface area contributed by atoms with Crippen molar-refractivity contribution in [2.45, 2.75) is 32.0 Å². The highest BCUT2D eigenvalue weighted by Crippen LogP contribution is 2.39. The summed E-state index contributed by atoms with van der Waals surface area (Å²) < 4.78 is 0. The van der Waals surface area contributed by atoms with E-state index in [-0.39, 0.29) is 18.0 Å². The molecule has 0 radical (unpaired) electrons. The molecule has 0 saturated carbocycles. The number of hydrogen-bond acceptors (Lipinski definition) is 9. The largest absolute Gasteiger partial charge is 0.497 e. The number of para-hydroxylation sites is 1. The van der Waals surface area contributed by atoms with Crippen molar-refractivity contribution >= 4 is 28.7 Å². The third-order valence-corrected chi connectivity index (χ3v) is 5.64. The Morgan fingerprint density at radius 2 is 1.41 bits per heavy atom. The van der Waals surface area contributed by atoms with Crippen LogP contribution in [-0.2, 0) is 11.3 Å². The van der Waals surface area contributed by atoms with Gasteiger partial charge in [-0.1, -0.05) is 48.5 Å². The average Bonchev–Trinajstić information content (AvgIpc) is 3.16. The molecule has 1 amide bonds. The molecule has 0 aromatic heterocycles. The van der Waals surface area contributed by atoms with E-state index in [1.807, 2.05) is 53.4 Å². The first-order valence-corrected chi connectivity index (χ1v) is 11.1. The first kappa shape index (κ1) is 26.7. The highest BCUT2D eigenvalue weighted by Gasteiger charge is 2.37. The molecule has 1 fully saturated rings. The van der Waals surface area contributed by atoms with Gasteiger partial charge in [-0.2, -0.15) is 0 Å². The summed E-state index contributed by atoms with van der Waals surface area (Å²) >= 11 is 0. The van der Waals surface area contributed by atoms with Crippen molar-refractivity contribution in [3.8, 4) is 5.75 Å². The summed E-state index contributed by atoms with van der Waals surface area (Å²) in [5.41, 5.74) is -0.812. The number of nitro groups is 3. The fourth-order valence-electron chi connectivity index (χ4n) is 3.88. The van der Waals surface area contributed by atoms with Gasteiger partial charge in [0.05, 0.1) is 32.9 Å². The first-order chi connectivity index (χ1) is 17.6. The van der Waals surface area contributed by atoms with Crippen LogP contribution >= 0.6 is 0 Å². The number of nitrogens with one attached hydrogen (secondary N) is 1. The van der Waals surface area contributed by atoms with Crippen molar-refractivity contribution in [2.75, 3.05) is 4.90 Å². The highest BCUT2D eigenvalue weighted by atomic mass is 16.6. The van der Waals surface area contributed by atoms with Gasteiger partial charge >= 0.3 is 11.4 Å². The lowest BCUT2D eigenvalue weighted by Gasteiger charge is -2.21. The Hall–Kier alpha value is -4.91. The van der Waals surface area contributed by atoms with E-state index in [9.17, 15) is 35.1 Å². The Balaban J connectivity index is 0.000000214. The van der Waals surface area contributed by atoms with E-state index in [1.54, 1.807) is 0 Å². The molecule has 13 heteroatoms. The highest BCUT2D eigenvalue weighted by molar-refractivity contribution is 6.00. The number of aromatic hydroxyl groups is 1. The number of non-ortho nitro benzene ring substituents is 1. The second-order valence-electron chi connectivity index (χ2n) is 8.15. The molecule has 2 atom stereocenters. The van der Waals surface area contributed by atoms with Crippen molar-refractivity contribution in [3.63, 3.8) is 0 Å². The fraction of sp³-hybridized carbons (Fsp3) is 0.208. The quantitative estimate of drug-likeness (QED) is 0.350. The average molecular weight is 509 g/mol. The number of anilines is 1. The molecule has 0 spiro atoms. The second kappa shape index (κ2) is 11.7. The first-order valence-electron chi connectivity index (χ1n) is 11.1. The maximum atomic E-state index is 12.6. The van der Waals surface area contributed by atoms with Gasteiger partial charge in [-0.3, -0.25) is 35.1 Å². The molecule has 3 aromatic carbocycles. The Bertz CT molecular complexity index is 1270. The molecule has 0 aliphatic carbocycles. The number of rotatable bonds is 7. The zero-order valence-corrected chi connectivity index (χ0v) is 19.6. The van der Waals surface area contributed by atoms with E-state index in [0.29, 0.717) is 12.1 Å². The van der Waals surface area contributed by atoms with E-state index < -0.39 is 37.6 Å². The maximum absolute atomic E-state index is 12.6. The summed E-state index contributed by atoms with van der Waals surface area (Å²) in [6.07, 6.45) is 0.848. The summed E-state index contributed by atoms with van der Waals surface area (Å²) in [5.74, 6) is -1.04. The van der Waals surface area contributed by atoms with E-state index in [2.05, 4.69) is 24.4 Å². The number of hydrogen-bond donors (Lipinski definition) is 2. The van der Waals surface area contributed by atoms with Gasteiger partial charge in [-0.15, -0.1) is 0 Å². The van der Waals surface area contributed by atoms with Gasteiger partial charge in [-0.25, -0.2) is 0 Å². The Morgan fingerprint density at radius 1 is 0.892 bits per heavy atom. The molecule has 13 nitrogen and oxygen atoms in total. The van der Waals surface area contributed by atoms with Gasteiger partial charge in [0.2, 0.25) is 5.91 Å². The number of nitro benzene ring substituents is 3. The number of nitrogens with zero attached hydrogens (tertiary/aromatic N) is 4. The van der Waals surface area contributed by atoms with Gasteiger partial charge in [0.1, 0.15) is 0 Å². The summed E-state index contributed by atoms with van der Waals surface area (Å²) in [6.45, 7) is 2.84. The fourth-order valence-corrected chi connectivity index (χ4v) is 3.88. The molecular weight excluding hydrogens is 486 g/mol. The summed E-state index contributed by atoms with van der Waals surface area (Å²) in [4.78, 5) is 42.3. The summed E-state index contributed by atoms with van der Waals surface area (Å²) in [6, 6.07) is 21.1. The minimum atomic E-state index is -1.21. The van der Waals surface area contributed by atoms with Crippen molar-refractivity contribution in [1.82, 2.24) is 5.32 Å². The zero-order valence-electron chi connectivity index (χ0n) is 19.6. The molecule has 1 saturated heterocycles. The number of carbonyl (C=O) groups is 1. The smallest absolute Gasteiger partial charge is 0.324 e. The van der Waals surface area contributed by atoms with E-state index in [0.717, 1.165) is 18.7 Å². The molecule has 0 bridgehead atoms. The van der Waals surface area contributed by atoms with Crippen LogP contribution in [0.2, 0.25) is 0 Å². The number of phenols is 1. The third kappa shape index (κ3) is 6.41. The lowest BCUT2D eigenvalue weighted by atomic mass is 10.1. The summed E-state index contributed by atoms with van der Waals surface area (Å²) in [5, 5.41) is 43.6. The van der Waals surface area contributed by atoms with Crippen LogP contribution in [-0.4, -0.2) is 37.9 Å². The van der Waals surface area contributed by atoms with Crippen LogP contribution in [0.1, 0.15) is 18.9 Å². The van der Waals surface area contributed by atoms with Crippen molar-refractivity contribution in [3.05, 3.63) is 109 Å². The predicted octanol–water partition coefficient (Wildman–Crippen LogP) is 4.09. The topological polar surface area (TPSA) is 182 Å². The predicted molar refractivity (Wildman–Crippen MR) is 133 cm³/mol. The van der Waals surface area contributed by atoms with Crippen LogP contribution in [0.15, 0.2) is 72.8 Å². The Morgan fingerprint density at radius 3 is 1.89 bits per heavy atom. The maximum Gasteiger partial charge on any atom is 0.324 e. The van der Waals surface area contributed by atoms with Crippen molar-refractivity contribution < 1.29 is 24.7 Å². The zero-order chi connectivity index (χ0) is 27.1. The van der Waals surface area contributed by atoms with E-state index in [4.69, 9.17) is 5.11 Å². The van der Waals surface area contributed by atoms with Gasteiger partial charge < -0.3 is 15.3 Å². The minimum Gasteiger partial charge on any atom is -0.497 e. The number of carbonyl (C=O) groups excluding carboxylic acids is 1. The lowest BCUT2D eigenvalue weighted by Crippen LogP contribution is -2.38. The summed E-state index contributed by atoms with van der Waals surface area (Å²) in [7, 11) is 0. The SMILES string of the molecule is CC1CC(NCc2ccccc2)C(=O)N1c1ccccc1.O=[N+]([O-])c1cc([N+](=O)[O-])c(O)c([N+](=O)[O-])c1. The van der Waals surface area contributed by atoms with E-state index >= 15 is 0 Å². The Labute approximate surface area is 210 Å². The third-order valence-electron chi connectivity index (χ3n) is 5.64. The molecule has 2 N–H and O–H groups in total. The molecule has 192 valence electrons. The van der Waals surface area contributed by atoms with Crippen LogP contribution in [0, 0.1) is 30.3 Å². The van der Waals surface area contributed by atoms with Gasteiger partial charge in [-0.05, 0) is 31.0 Å². The molecule has 4 rings (SSSR count). The molecule has 3 aromatic rings. The molecule has 1 aliphatic heterocycles. The normalized spacial score (nSPS) is 16.6. The van der Waals surface area contributed by atoms with Gasteiger partial charge in [0, 0.05) is 18.3 Å². The molecule has 1 heterocycles. The molecule has 2 unspecified atom stereocenters. The molecule has 1 aliphatic rings. The second-order valence-corrected chi connectivity index (χ2v) is 8.15. The Kier molecular flexibility index (Phi) is 8.43. The van der Waals surface area contributed by atoms with Gasteiger partial charge in [0.15, 0.2) is 0 Å². The van der Waals surface area contributed by atoms with Crippen LogP contribution < -0.4 is 10.2 Å². The van der Waals surface area contributed by atoms with Crippen LogP contribution in [0.5, 0.6) is 5.75 Å². The van der Waals surface area contributed by atoms with Crippen molar-refractivity contribution in [1.29, 1.82) is 0 Å². The van der Waals surface area contributed by atoms with Crippen LogP contribution in [0.4, 0.5) is 22.7 Å². The van der Waals surface area contributed by atoms with Gasteiger partial charge in [0.25, 0.3) is 11.4 Å². The molecule has 37 heavy (non-hydrogen) atoms. The monoisotopic (exact) mass is 509 g/mol. The van der Waals surface area contributed by atoms with Crippen LogP contribution in [0.3, 0.4) is 0 Å². The lowest BCUT2D eigenvalue weighted by molar-refractivity contribution is -0.404. The van der Waals surface area contributed by atoms with E-state index in [1.165, 1.54) is 5.56 Å².